The fourth-order valence-electron chi connectivity index (χ4n) is 0.773. The number of amides is 1. The molecule has 1 rings (SSSR count). The van der Waals surface area contributed by atoms with E-state index in [4.69, 9.17) is 0 Å². The highest BCUT2D eigenvalue weighted by molar-refractivity contribution is 5.72. The lowest BCUT2D eigenvalue weighted by Crippen LogP contribution is -2.31. The summed E-state index contributed by atoms with van der Waals surface area (Å²) in [4.78, 5) is 10.3. The van der Waals surface area contributed by atoms with Crippen LogP contribution >= 0.6 is 0 Å². The molecule has 1 aliphatic carbocycles. The first-order valence-electron chi connectivity index (χ1n) is 3.00. The van der Waals surface area contributed by atoms with E-state index in [1.165, 1.54) is 13.3 Å². The zero-order valence-corrected chi connectivity index (χ0v) is 5.05. The molecule has 2 nitrogen and oxygen atoms in total. The smallest absolute Gasteiger partial charge is 0.238 e. The predicted molar refractivity (Wildman–Crippen MR) is 30.5 cm³/mol. The average molecular weight is 112 g/mol. The first-order valence-corrected chi connectivity index (χ1v) is 3.00. The molecule has 1 amide bonds. The fraction of sp³-hybridized carbons (Fsp3) is 0.833. The van der Waals surface area contributed by atoms with Gasteiger partial charge >= 0.3 is 0 Å². The number of hydrogen-bond acceptors (Lipinski definition) is 1. The van der Waals surface area contributed by atoms with Crippen LogP contribution in [0.15, 0.2) is 0 Å². The maximum Gasteiger partial charge on any atom is 0.238 e. The first-order chi connectivity index (χ1) is 3.79. The Labute approximate surface area is 49.3 Å². The second-order valence-corrected chi connectivity index (χ2v) is 2.23. The standard InChI is InChI=1S/C6H10NO/c1-5(8)7-6-3-2-4-6/h6H,2-4H2,1H3. The Hall–Kier alpha value is -0.530. The van der Waals surface area contributed by atoms with Crippen LogP contribution in [0.4, 0.5) is 0 Å². The molecule has 1 radical (unpaired) electrons. The number of carbonyl (C=O) groups is 1. The Morgan fingerprint density at radius 3 is 2.38 bits per heavy atom. The third-order valence-corrected chi connectivity index (χ3v) is 1.44. The molecule has 0 saturated heterocycles. The van der Waals surface area contributed by atoms with Crippen molar-refractivity contribution in [1.82, 2.24) is 5.32 Å². The molecular formula is C6H10NO. The van der Waals surface area contributed by atoms with E-state index in [0.717, 1.165) is 12.8 Å². The van der Waals surface area contributed by atoms with Crippen molar-refractivity contribution in [1.29, 1.82) is 0 Å². The quantitative estimate of drug-likeness (QED) is 0.491. The van der Waals surface area contributed by atoms with Crippen molar-refractivity contribution >= 4 is 5.91 Å². The Kier molecular flexibility index (Phi) is 1.51. The van der Waals surface area contributed by atoms with Crippen LogP contribution in [-0.4, -0.2) is 11.9 Å². The molecule has 0 N–H and O–H groups in total. The number of carbonyl (C=O) groups excluding carboxylic acids is 1. The van der Waals surface area contributed by atoms with Crippen LogP contribution in [0.1, 0.15) is 26.2 Å². The highest BCUT2D eigenvalue weighted by Gasteiger charge is 2.18. The van der Waals surface area contributed by atoms with Gasteiger partial charge in [0, 0.05) is 6.92 Å². The zero-order chi connectivity index (χ0) is 5.98. The Morgan fingerprint density at radius 1 is 1.62 bits per heavy atom. The molecule has 2 heteroatoms. The maximum atomic E-state index is 10.3. The number of hydrogen-bond donors (Lipinski definition) is 0. The van der Waals surface area contributed by atoms with E-state index in [2.05, 4.69) is 5.32 Å². The Balaban J connectivity index is 2.09. The summed E-state index contributed by atoms with van der Waals surface area (Å²) in [5.41, 5.74) is 0. The van der Waals surface area contributed by atoms with Gasteiger partial charge in [-0.3, -0.25) is 4.79 Å². The van der Waals surface area contributed by atoms with E-state index in [-0.39, 0.29) is 5.91 Å². The van der Waals surface area contributed by atoms with Gasteiger partial charge in [-0.15, -0.1) is 0 Å². The van der Waals surface area contributed by atoms with Gasteiger partial charge in [0.15, 0.2) is 0 Å². The normalized spacial score (nSPS) is 19.6. The maximum absolute atomic E-state index is 10.3. The highest BCUT2D eigenvalue weighted by atomic mass is 16.1. The Morgan fingerprint density at radius 2 is 2.25 bits per heavy atom. The van der Waals surface area contributed by atoms with Crippen LogP contribution in [0, 0.1) is 0 Å². The van der Waals surface area contributed by atoms with Gasteiger partial charge in [-0.25, -0.2) is 5.32 Å². The SMILES string of the molecule is CC(=O)[N]C1CCC1. The van der Waals surface area contributed by atoms with Crippen LogP contribution in [0.2, 0.25) is 0 Å². The van der Waals surface area contributed by atoms with Crippen molar-refractivity contribution in [3.8, 4) is 0 Å². The summed E-state index contributed by atoms with van der Waals surface area (Å²) in [6.07, 6.45) is 3.50. The summed E-state index contributed by atoms with van der Waals surface area (Å²) in [7, 11) is 0. The van der Waals surface area contributed by atoms with E-state index in [1.54, 1.807) is 0 Å². The predicted octanol–water partition coefficient (Wildman–Crippen LogP) is 0.690. The van der Waals surface area contributed by atoms with Gasteiger partial charge in [0.05, 0.1) is 6.04 Å². The molecule has 0 aromatic rings. The van der Waals surface area contributed by atoms with Crippen LogP contribution in [0.3, 0.4) is 0 Å². The summed E-state index contributed by atoms with van der Waals surface area (Å²) in [6.45, 7) is 1.51. The van der Waals surface area contributed by atoms with Crippen molar-refractivity contribution < 1.29 is 4.79 Å². The van der Waals surface area contributed by atoms with Gasteiger partial charge in [-0.05, 0) is 19.3 Å². The van der Waals surface area contributed by atoms with Crippen molar-refractivity contribution in [3.63, 3.8) is 0 Å². The molecule has 0 aromatic carbocycles. The zero-order valence-electron chi connectivity index (χ0n) is 5.05. The minimum atomic E-state index is -0.0188. The third kappa shape index (κ3) is 1.22. The van der Waals surface area contributed by atoms with E-state index in [1.807, 2.05) is 0 Å². The monoisotopic (exact) mass is 112 g/mol. The van der Waals surface area contributed by atoms with Gasteiger partial charge in [-0.2, -0.15) is 0 Å². The summed E-state index contributed by atoms with van der Waals surface area (Å²) >= 11 is 0. The number of nitrogens with zero attached hydrogens (tertiary/aromatic N) is 1. The van der Waals surface area contributed by atoms with Crippen LogP contribution in [-0.2, 0) is 4.79 Å². The molecule has 0 heterocycles. The Bertz CT molecular complexity index is 96.7. The second kappa shape index (κ2) is 2.16. The van der Waals surface area contributed by atoms with Crippen LogP contribution < -0.4 is 5.32 Å². The summed E-state index contributed by atoms with van der Waals surface area (Å²) < 4.78 is 0. The average Bonchev–Trinajstić information content (AvgIpc) is 1.55. The molecule has 0 unspecified atom stereocenters. The van der Waals surface area contributed by atoms with Crippen LogP contribution in [0.25, 0.3) is 0 Å². The van der Waals surface area contributed by atoms with Crippen molar-refractivity contribution in [2.45, 2.75) is 32.2 Å². The van der Waals surface area contributed by atoms with E-state index >= 15 is 0 Å². The minimum absolute atomic E-state index is 0.0188. The summed E-state index contributed by atoms with van der Waals surface area (Å²) in [5.74, 6) is -0.0188. The van der Waals surface area contributed by atoms with Gasteiger partial charge in [0.25, 0.3) is 0 Å². The molecule has 1 aliphatic rings. The molecule has 1 saturated carbocycles. The second-order valence-electron chi connectivity index (χ2n) is 2.23. The lowest BCUT2D eigenvalue weighted by molar-refractivity contribution is -0.120. The topological polar surface area (TPSA) is 31.2 Å². The van der Waals surface area contributed by atoms with Gasteiger partial charge in [-0.1, -0.05) is 0 Å². The third-order valence-electron chi connectivity index (χ3n) is 1.44. The first kappa shape index (κ1) is 5.60. The van der Waals surface area contributed by atoms with Gasteiger partial charge < -0.3 is 0 Å². The number of rotatable bonds is 1. The van der Waals surface area contributed by atoms with E-state index in [0.29, 0.717) is 6.04 Å². The molecule has 0 atom stereocenters. The molecule has 8 heavy (non-hydrogen) atoms. The lowest BCUT2D eigenvalue weighted by atomic mass is 9.93. The van der Waals surface area contributed by atoms with Gasteiger partial charge in [0.1, 0.15) is 0 Å². The van der Waals surface area contributed by atoms with E-state index in [9.17, 15) is 4.79 Å². The van der Waals surface area contributed by atoms with Crippen molar-refractivity contribution in [2.24, 2.45) is 0 Å². The molecule has 1 fully saturated rings. The fourth-order valence-corrected chi connectivity index (χ4v) is 0.773. The molecular weight excluding hydrogens is 102 g/mol. The molecule has 0 spiro atoms. The van der Waals surface area contributed by atoms with Gasteiger partial charge in [0.2, 0.25) is 5.91 Å². The highest BCUT2D eigenvalue weighted by Crippen LogP contribution is 2.18. The largest absolute Gasteiger partial charge is 0.273 e. The molecule has 0 aromatic heterocycles. The summed E-state index contributed by atoms with van der Waals surface area (Å²) in [5, 5.41) is 3.84. The molecule has 45 valence electrons. The van der Waals surface area contributed by atoms with Crippen LogP contribution in [0.5, 0.6) is 0 Å². The van der Waals surface area contributed by atoms with Crippen molar-refractivity contribution in [2.75, 3.05) is 0 Å². The lowest BCUT2D eigenvalue weighted by Gasteiger charge is -2.22. The molecule has 0 aliphatic heterocycles. The minimum Gasteiger partial charge on any atom is -0.273 e. The van der Waals surface area contributed by atoms with Crippen molar-refractivity contribution in [3.05, 3.63) is 0 Å². The van der Waals surface area contributed by atoms with E-state index < -0.39 is 0 Å². The summed E-state index contributed by atoms with van der Waals surface area (Å²) in [6, 6.07) is 0.382. The molecule has 0 bridgehead atoms.